The first kappa shape index (κ1) is 37.3. The Labute approximate surface area is 301 Å². The van der Waals surface area contributed by atoms with Crippen molar-refractivity contribution in [3.63, 3.8) is 0 Å². The fourth-order valence-corrected chi connectivity index (χ4v) is 8.28. The first-order chi connectivity index (χ1) is 24.0. The summed E-state index contributed by atoms with van der Waals surface area (Å²) in [6, 6.07) is 14.7. The van der Waals surface area contributed by atoms with Crippen LogP contribution in [-0.4, -0.2) is 73.5 Å². The van der Waals surface area contributed by atoms with Gasteiger partial charge < -0.3 is 30.8 Å². The van der Waals surface area contributed by atoms with E-state index in [9.17, 15) is 19.5 Å². The average molecular weight is 721 g/mol. The minimum atomic E-state index is -1.02. The summed E-state index contributed by atoms with van der Waals surface area (Å²) in [6.45, 7) is 5.25. The van der Waals surface area contributed by atoms with Gasteiger partial charge in [-0.05, 0) is 50.8 Å². The average Bonchev–Trinajstić information content (AvgIpc) is 3.76. The van der Waals surface area contributed by atoms with Crippen molar-refractivity contribution in [2.24, 2.45) is 5.92 Å². The number of carbonyl (C=O) groups excluding carboxylic acids is 3. The fraction of sp³-hybridized carbons (Fsp3) is 0.486. The predicted molar refractivity (Wildman–Crippen MR) is 197 cm³/mol. The minimum Gasteiger partial charge on any atom is -0.444 e. The van der Waals surface area contributed by atoms with Crippen molar-refractivity contribution in [3.05, 3.63) is 78.4 Å². The lowest BCUT2D eigenvalue weighted by Gasteiger charge is -2.31. The van der Waals surface area contributed by atoms with E-state index in [1.165, 1.54) is 24.5 Å². The molecule has 4 aromatic rings. The molecular weight excluding hydrogens is 673 g/mol. The molecule has 0 aliphatic heterocycles. The molecule has 3 amide bonds. The number of benzene rings is 2. The number of alkyl carbamates (subject to hydrolysis) is 1. The molecule has 2 aromatic heterocycles. The first-order valence-electron chi connectivity index (χ1n) is 17.3. The highest BCUT2D eigenvalue weighted by molar-refractivity contribution is 8.01. The standard InChI is InChI=1S/C37H48N6O5S2/c1-37(2,3)48-35(47)42-29(19-25-14-8-5-9-15-25)33(45)41-30(20-26-21-38-23-39-26)34(46)40-28(18-24-12-6-4-7-13-24)31(44)22-49-36-43-27-16-10-11-17-32(27)50-36/h5,8-11,14-17,21,23-24,28-31,44H,4,6-7,12-13,18-20,22H2,1-3H3,(H,38,39)(H,40,46)(H,41,45)(H,42,47)/t28-,29-,30-,31?/m0/s1. The van der Waals surface area contributed by atoms with Gasteiger partial charge in [0.05, 0.1) is 28.7 Å². The molecule has 13 heteroatoms. The number of nitrogens with one attached hydrogen (secondary N) is 4. The number of amides is 3. The van der Waals surface area contributed by atoms with Gasteiger partial charge in [0.1, 0.15) is 17.7 Å². The van der Waals surface area contributed by atoms with Crippen LogP contribution in [0.5, 0.6) is 0 Å². The lowest BCUT2D eigenvalue weighted by molar-refractivity contribution is -0.130. The third-order valence-corrected chi connectivity index (χ3v) is 10.9. The van der Waals surface area contributed by atoms with Crippen LogP contribution in [0.3, 0.4) is 0 Å². The summed E-state index contributed by atoms with van der Waals surface area (Å²) in [7, 11) is 0. The van der Waals surface area contributed by atoms with Crippen molar-refractivity contribution in [2.75, 3.05) is 5.75 Å². The zero-order chi connectivity index (χ0) is 35.5. The first-order valence-corrected chi connectivity index (χ1v) is 19.1. The SMILES string of the molecule is CC(C)(C)OC(=O)N[C@@H](Cc1ccccc1)C(=O)N[C@@H](Cc1cnc[nH]1)C(=O)N[C@@H](CC1CCCCC1)C(O)CSc1nc2ccccc2s1. The molecule has 1 unspecified atom stereocenters. The number of aliphatic hydroxyl groups is 1. The number of aromatic nitrogens is 3. The Morgan fingerprint density at radius 2 is 1.66 bits per heavy atom. The van der Waals surface area contributed by atoms with Crippen molar-refractivity contribution >= 4 is 51.2 Å². The number of thiazole rings is 1. The predicted octanol–water partition coefficient (Wildman–Crippen LogP) is 5.79. The number of para-hydroxylation sites is 1. The van der Waals surface area contributed by atoms with E-state index >= 15 is 0 Å². The number of imidazole rings is 1. The molecule has 0 bridgehead atoms. The van der Waals surface area contributed by atoms with Crippen molar-refractivity contribution < 1.29 is 24.2 Å². The number of rotatable bonds is 15. The van der Waals surface area contributed by atoms with Gasteiger partial charge in [0.2, 0.25) is 11.8 Å². The van der Waals surface area contributed by atoms with Crippen LogP contribution in [0.15, 0.2) is 71.5 Å². The molecule has 5 N–H and O–H groups in total. The number of nitrogens with zero attached hydrogens (tertiary/aromatic N) is 2. The molecule has 5 rings (SSSR count). The van der Waals surface area contributed by atoms with Gasteiger partial charge in [-0.3, -0.25) is 9.59 Å². The zero-order valence-electron chi connectivity index (χ0n) is 28.9. The number of hydrogen-bond donors (Lipinski definition) is 5. The second kappa shape index (κ2) is 17.8. The largest absolute Gasteiger partial charge is 0.444 e. The molecule has 11 nitrogen and oxygen atoms in total. The second-order valence-electron chi connectivity index (χ2n) is 13.9. The van der Waals surface area contributed by atoms with Gasteiger partial charge in [-0.25, -0.2) is 14.8 Å². The molecule has 0 spiro atoms. The molecule has 1 aliphatic rings. The van der Waals surface area contributed by atoms with E-state index in [-0.39, 0.29) is 12.8 Å². The number of aliphatic hydroxyl groups excluding tert-OH is 1. The highest BCUT2D eigenvalue weighted by atomic mass is 32.2. The second-order valence-corrected chi connectivity index (χ2v) is 16.2. The van der Waals surface area contributed by atoms with E-state index in [4.69, 9.17) is 9.72 Å². The topological polar surface area (TPSA) is 158 Å². The van der Waals surface area contributed by atoms with Gasteiger partial charge >= 0.3 is 6.09 Å². The summed E-state index contributed by atoms with van der Waals surface area (Å²) >= 11 is 3.06. The highest BCUT2D eigenvalue weighted by Crippen LogP contribution is 2.32. The number of fused-ring (bicyclic) bond motifs is 1. The molecular formula is C37H48N6O5S2. The number of H-pyrrole nitrogens is 1. The van der Waals surface area contributed by atoms with E-state index in [0.29, 0.717) is 23.8 Å². The van der Waals surface area contributed by atoms with Crippen LogP contribution in [0.2, 0.25) is 0 Å². The molecule has 4 atom stereocenters. The van der Waals surface area contributed by atoms with Crippen LogP contribution in [0.25, 0.3) is 10.2 Å². The number of aromatic amines is 1. The Morgan fingerprint density at radius 3 is 2.36 bits per heavy atom. The van der Waals surface area contributed by atoms with E-state index in [1.807, 2.05) is 54.6 Å². The summed E-state index contributed by atoms with van der Waals surface area (Å²) in [5.74, 6) is -0.220. The Kier molecular flexibility index (Phi) is 13.3. The molecule has 1 fully saturated rings. The van der Waals surface area contributed by atoms with Gasteiger partial charge in [0.15, 0.2) is 4.34 Å². The third kappa shape index (κ3) is 11.6. The van der Waals surface area contributed by atoms with E-state index in [0.717, 1.165) is 45.8 Å². The summed E-state index contributed by atoms with van der Waals surface area (Å²) in [5.41, 5.74) is 1.64. The van der Waals surface area contributed by atoms with Gasteiger partial charge in [-0.15, -0.1) is 11.3 Å². The smallest absolute Gasteiger partial charge is 0.408 e. The van der Waals surface area contributed by atoms with Crippen LogP contribution in [0.4, 0.5) is 4.79 Å². The molecule has 268 valence electrons. The van der Waals surface area contributed by atoms with Crippen LogP contribution < -0.4 is 16.0 Å². The van der Waals surface area contributed by atoms with Crippen molar-refractivity contribution in [3.8, 4) is 0 Å². The number of thioether (sulfide) groups is 1. The number of ether oxygens (including phenoxy) is 1. The Bertz CT molecular complexity index is 1640. The molecule has 2 aromatic carbocycles. The Balaban J connectivity index is 1.32. The molecule has 2 heterocycles. The highest BCUT2D eigenvalue weighted by Gasteiger charge is 2.32. The summed E-state index contributed by atoms with van der Waals surface area (Å²) < 4.78 is 7.41. The van der Waals surface area contributed by atoms with Gasteiger partial charge in [0, 0.05) is 30.5 Å². The molecule has 1 saturated carbocycles. The Morgan fingerprint density at radius 1 is 0.960 bits per heavy atom. The number of carbonyl (C=O) groups is 3. The van der Waals surface area contributed by atoms with Gasteiger partial charge in [-0.2, -0.15) is 0 Å². The molecule has 50 heavy (non-hydrogen) atoms. The quantitative estimate of drug-likeness (QED) is 0.0966. The van der Waals surface area contributed by atoms with Gasteiger partial charge in [-0.1, -0.05) is 86.3 Å². The monoisotopic (exact) mass is 720 g/mol. The zero-order valence-corrected chi connectivity index (χ0v) is 30.5. The van der Waals surface area contributed by atoms with Crippen LogP contribution in [-0.2, 0) is 27.2 Å². The molecule has 0 radical (unpaired) electrons. The minimum absolute atomic E-state index is 0.134. The van der Waals surface area contributed by atoms with Crippen LogP contribution in [0, 0.1) is 5.92 Å². The van der Waals surface area contributed by atoms with E-state index in [2.05, 4.69) is 25.9 Å². The molecule has 1 aliphatic carbocycles. The van der Waals surface area contributed by atoms with Crippen molar-refractivity contribution in [1.29, 1.82) is 0 Å². The van der Waals surface area contributed by atoms with Crippen LogP contribution in [0.1, 0.15) is 70.6 Å². The van der Waals surface area contributed by atoms with Gasteiger partial charge in [0.25, 0.3) is 0 Å². The van der Waals surface area contributed by atoms with E-state index < -0.39 is 47.7 Å². The summed E-state index contributed by atoms with van der Waals surface area (Å²) in [5, 5.41) is 20.3. The maximum Gasteiger partial charge on any atom is 0.408 e. The number of hydrogen-bond acceptors (Lipinski definition) is 9. The van der Waals surface area contributed by atoms with Crippen molar-refractivity contribution in [2.45, 2.75) is 106 Å². The maximum atomic E-state index is 14.1. The fourth-order valence-electron chi connectivity index (χ4n) is 6.17. The Hall–Kier alpha value is -3.94. The van der Waals surface area contributed by atoms with Crippen molar-refractivity contribution in [1.82, 2.24) is 30.9 Å². The summed E-state index contributed by atoms with van der Waals surface area (Å²) in [4.78, 5) is 52.7. The third-order valence-electron chi connectivity index (χ3n) is 8.66. The maximum absolute atomic E-state index is 14.1. The summed E-state index contributed by atoms with van der Waals surface area (Å²) in [6.07, 6.45) is 8.07. The molecule has 0 saturated heterocycles. The van der Waals surface area contributed by atoms with E-state index in [1.54, 1.807) is 38.3 Å². The van der Waals surface area contributed by atoms with Crippen LogP contribution >= 0.6 is 23.1 Å². The normalized spacial score (nSPS) is 16.2. The lowest BCUT2D eigenvalue weighted by Crippen LogP contribution is -2.58. The lowest BCUT2D eigenvalue weighted by atomic mass is 9.83.